The summed E-state index contributed by atoms with van der Waals surface area (Å²) in [6.07, 6.45) is 6.24. The van der Waals surface area contributed by atoms with E-state index in [1.807, 2.05) is 59.3 Å². The number of rotatable bonds is 3. The van der Waals surface area contributed by atoms with E-state index in [-0.39, 0.29) is 5.92 Å². The summed E-state index contributed by atoms with van der Waals surface area (Å²) in [7, 11) is 1.97. The number of aromatic nitrogens is 4. The number of nitrogens with zero attached hydrogens (tertiary/aromatic N) is 6. The van der Waals surface area contributed by atoms with Crippen LogP contribution in [0.15, 0.2) is 53.9 Å². The molecule has 1 aliphatic heterocycles. The van der Waals surface area contributed by atoms with Crippen LogP contribution in [0.3, 0.4) is 0 Å². The van der Waals surface area contributed by atoms with Gasteiger partial charge in [-0.05, 0) is 35.9 Å². The number of hydrogen-bond acceptors (Lipinski definition) is 5. The first-order chi connectivity index (χ1) is 13.2. The van der Waals surface area contributed by atoms with Gasteiger partial charge in [-0.25, -0.2) is 9.50 Å². The topological polar surface area (TPSA) is 58.7 Å². The Balaban J connectivity index is 1.53. The molecule has 0 N–H and O–H groups in total. The maximum atomic E-state index is 6.51. The highest BCUT2D eigenvalue weighted by molar-refractivity contribution is 6.32. The van der Waals surface area contributed by atoms with E-state index in [1.54, 1.807) is 6.20 Å². The molecule has 7 heteroatoms. The fourth-order valence-corrected chi connectivity index (χ4v) is 3.69. The van der Waals surface area contributed by atoms with Gasteiger partial charge in [0.25, 0.3) is 0 Å². The Kier molecular flexibility index (Phi) is 3.79. The highest BCUT2D eigenvalue weighted by Gasteiger charge is 2.19. The van der Waals surface area contributed by atoms with Crippen LogP contribution in [0.2, 0.25) is 5.02 Å². The Hall–Kier alpha value is -2.99. The summed E-state index contributed by atoms with van der Waals surface area (Å²) in [5, 5.41) is 12.8. The smallest absolute Gasteiger partial charge is 0.153 e. The molecule has 1 atom stereocenters. The molecule has 3 aromatic heterocycles. The van der Waals surface area contributed by atoms with E-state index < -0.39 is 0 Å². The van der Waals surface area contributed by atoms with Gasteiger partial charge in [0.2, 0.25) is 0 Å². The summed E-state index contributed by atoms with van der Waals surface area (Å²) >= 11 is 6.51. The largest absolute Gasteiger partial charge is 0.299 e. The lowest BCUT2D eigenvalue weighted by Gasteiger charge is -2.11. The van der Waals surface area contributed by atoms with Crippen molar-refractivity contribution in [1.29, 1.82) is 0 Å². The van der Waals surface area contributed by atoms with E-state index in [0.29, 0.717) is 11.4 Å². The Morgan fingerprint density at radius 3 is 2.96 bits per heavy atom. The third-order valence-electron chi connectivity index (χ3n) is 4.88. The Morgan fingerprint density at radius 2 is 2.11 bits per heavy atom. The zero-order chi connectivity index (χ0) is 18.4. The van der Waals surface area contributed by atoms with Gasteiger partial charge in [0.1, 0.15) is 0 Å². The summed E-state index contributed by atoms with van der Waals surface area (Å²) < 4.78 is 1.91. The lowest BCUT2D eigenvalue weighted by Crippen LogP contribution is -2.14. The minimum Gasteiger partial charge on any atom is -0.299 e. The van der Waals surface area contributed by atoms with E-state index in [1.165, 1.54) is 0 Å². The first-order valence-electron chi connectivity index (χ1n) is 8.79. The van der Waals surface area contributed by atoms with Crippen LogP contribution in [0.25, 0.3) is 16.6 Å². The molecule has 6 nitrogen and oxygen atoms in total. The van der Waals surface area contributed by atoms with Gasteiger partial charge in [-0.15, -0.1) is 0 Å². The van der Waals surface area contributed by atoms with Crippen molar-refractivity contribution in [3.8, 4) is 0 Å². The third-order valence-corrected chi connectivity index (χ3v) is 5.23. The molecule has 0 saturated heterocycles. The molecule has 0 aliphatic carbocycles. The van der Waals surface area contributed by atoms with Crippen molar-refractivity contribution in [2.24, 2.45) is 5.10 Å². The van der Waals surface area contributed by atoms with Crippen LogP contribution >= 0.6 is 11.6 Å². The quantitative estimate of drug-likeness (QED) is 0.548. The molecule has 1 aromatic carbocycles. The van der Waals surface area contributed by atoms with Gasteiger partial charge in [0.15, 0.2) is 5.65 Å². The molecule has 1 aliphatic rings. The van der Waals surface area contributed by atoms with Gasteiger partial charge in [0.05, 0.1) is 29.0 Å². The molecule has 1 unspecified atom stereocenters. The molecule has 0 saturated carbocycles. The zero-order valence-corrected chi connectivity index (χ0v) is 15.5. The number of benzene rings is 1. The molecule has 4 heterocycles. The first kappa shape index (κ1) is 16.2. The average Bonchev–Trinajstić information content (AvgIpc) is 3.28. The zero-order valence-electron chi connectivity index (χ0n) is 14.7. The van der Waals surface area contributed by atoms with Gasteiger partial charge in [-0.1, -0.05) is 17.7 Å². The average molecular weight is 377 g/mol. The number of hydrazone groups is 1. The standard InChI is InChI=1S/C20H17ClN6/c1-26-12-15(10-24-26)18-4-5-20-23-11-16(27(20)25-18)8-14-7-13-3-2-6-22-19(13)9-17(14)21/h2-7,9-11,15H,8,12H2,1H3. The lowest BCUT2D eigenvalue weighted by atomic mass is 10.1. The minimum atomic E-state index is 0.199. The van der Waals surface area contributed by atoms with Gasteiger partial charge in [-0.3, -0.25) is 9.99 Å². The van der Waals surface area contributed by atoms with Crippen molar-refractivity contribution in [2.45, 2.75) is 12.3 Å². The molecule has 4 aromatic rings. The monoisotopic (exact) mass is 376 g/mol. The van der Waals surface area contributed by atoms with E-state index >= 15 is 0 Å². The fourth-order valence-electron chi connectivity index (χ4n) is 3.47. The van der Waals surface area contributed by atoms with E-state index in [0.717, 1.165) is 40.0 Å². The van der Waals surface area contributed by atoms with Crippen molar-refractivity contribution >= 4 is 34.4 Å². The van der Waals surface area contributed by atoms with Crippen LogP contribution in [0.1, 0.15) is 22.9 Å². The summed E-state index contributed by atoms with van der Waals surface area (Å²) in [6, 6.07) is 12.0. The van der Waals surface area contributed by atoms with E-state index in [4.69, 9.17) is 16.7 Å². The van der Waals surface area contributed by atoms with Crippen LogP contribution in [-0.2, 0) is 6.42 Å². The number of pyridine rings is 1. The Morgan fingerprint density at radius 1 is 1.19 bits per heavy atom. The lowest BCUT2D eigenvalue weighted by molar-refractivity contribution is 0.379. The van der Waals surface area contributed by atoms with Crippen LogP contribution in [0.5, 0.6) is 0 Å². The molecule has 0 radical (unpaired) electrons. The Labute approximate surface area is 161 Å². The predicted molar refractivity (Wildman–Crippen MR) is 106 cm³/mol. The van der Waals surface area contributed by atoms with E-state index in [2.05, 4.69) is 21.1 Å². The van der Waals surface area contributed by atoms with Crippen LogP contribution < -0.4 is 0 Å². The molecule has 0 fully saturated rings. The molecule has 0 amide bonds. The maximum absolute atomic E-state index is 6.51. The van der Waals surface area contributed by atoms with E-state index in [9.17, 15) is 0 Å². The van der Waals surface area contributed by atoms with Crippen molar-refractivity contribution in [2.75, 3.05) is 13.6 Å². The second-order valence-corrected chi connectivity index (χ2v) is 7.21. The summed E-state index contributed by atoms with van der Waals surface area (Å²) in [4.78, 5) is 8.85. The number of halogens is 1. The molecular formula is C20H17ClN6. The molecule has 134 valence electrons. The van der Waals surface area contributed by atoms with Crippen LogP contribution in [-0.4, -0.2) is 44.4 Å². The summed E-state index contributed by atoms with van der Waals surface area (Å²) in [5.41, 5.74) is 4.75. The van der Waals surface area contributed by atoms with Gasteiger partial charge >= 0.3 is 0 Å². The van der Waals surface area contributed by atoms with Crippen molar-refractivity contribution < 1.29 is 0 Å². The van der Waals surface area contributed by atoms with Crippen LogP contribution in [0, 0.1) is 0 Å². The normalized spacial score (nSPS) is 16.7. The van der Waals surface area contributed by atoms with Gasteiger partial charge in [0, 0.05) is 42.8 Å². The Bertz CT molecular complexity index is 1180. The number of fused-ring (bicyclic) bond motifs is 2. The highest BCUT2D eigenvalue weighted by atomic mass is 35.5. The van der Waals surface area contributed by atoms with Crippen molar-refractivity contribution in [3.63, 3.8) is 0 Å². The predicted octanol–water partition coefficient (Wildman–Crippen LogP) is 3.54. The maximum Gasteiger partial charge on any atom is 0.153 e. The number of likely N-dealkylation sites (N-methyl/N-ethyl adjacent to an activating group) is 1. The van der Waals surface area contributed by atoms with Gasteiger partial charge < -0.3 is 0 Å². The summed E-state index contributed by atoms with van der Waals surface area (Å²) in [5.74, 6) is 0.199. The second kappa shape index (κ2) is 6.32. The molecular weight excluding hydrogens is 360 g/mol. The third kappa shape index (κ3) is 2.92. The molecule has 0 bridgehead atoms. The second-order valence-electron chi connectivity index (χ2n) is 6.81. The SMILES string of the molecule is CN1CC(c2ccc3ncc(Cc4cc5cccnc5cc4Cl)n3n2)C=N1. The van der Waals surface area contributed by atoms with Crippen molar-refractivity contribution in [3.05, 3.63) is 70.8 Å². The van der Waals surface area contributed by atoms with Crippen LogP contribution in [0.4, 0.5) is 0 Å². The summed E-state index contributed by atoms with van der Waals surface area (Å²) in [6.45, 7) is 0.839. The van der Waals surface area contributed by atoms with Crippen molar-refractivity contribution in [1.82, 2.24) is 24.6 Å². The first-order valence-corrected chi connectivity index (χ1v) is 9.17. The molecule has 5 rings (SSSR count). The molecule has 27 heavy (non-hydrogen) atoms. The number of hydrogen-bond donors (Lipinski definition) is 0. The van der Waals surface area contributed by atoms with Gasteiger partial charge in [-0.2, -0.15) is 10.2 Å². The fraction of sp³-hybridized carbons (Fsp3) is 0.200. The molecule has 0 spiro atoms. The highest BCUT2D eigenvalue weighted by Crippen LogP contribution is 2.25. The minimum absolute atomic E-state index is 0.199. The number of imidazole rings is 1.